The van der Waals surface area contributed by atoms with Crippen LogP contribution in [0.5, 0.6) is 5.75 Å². The molecule has 2 aromatic rings. The number of non-ortho nitro benzene ring substituents is 1. The van der Waals surface area contributed by atoms with Crippen molar-refractivity contribution in [3.05, 3.63) is 58.1 Å². The standard InChI is InChI=1S/C14H14N2O3/c1-19-14-8-12(16(17)18)5-6-13(14)11-4-2-3-10(7-11)9-15/h2-8H,9,15H2,1H3. The first kappa shape index (κ1) is 13.0. The quantitative estimate of drug-likeness (QED) is 0.675. The number of nitrogens with two attached hydrogens (primary N) is 1. The van der Waals surface area contributed by atoms with Gasteiger partial charge in [0, 0.05) is 18.2 Å². The fraction of sp³-hybridized carbons (Fsp3) is 0.143. The smallest absolute Gasteiger partial charge is 0.273 e. The van der Waals surface area contributed by atoms with E-state index in [4.69, 9.17) is 10.5 Å². The molecule has 0 atom stereocenters. The molecule has 98 valence electrons. The number of nitrogens with zero attached hydrogens (tertiary/aromatic N) is 1. The van der Waals surface area contributed by atoms with Gasteiger partial charge in [-0.2, -0.15) is 0 Å². The van der Waals surface area contributed by atoms with Crippen molar-refractivity contribution in [3.8, 4) is 16.9 Å². The summed E-state index contributed by atoms with van der Waals surface area (Å²) >= 11 is 0. The van der Waals surface area contributed by atoms with E-state index in [0.29, 0.717) is 12.3 Å². The van der Waals surface area contributed by atoms with Crippen LogP contribution in [0.15, 0.2) is 42.5 Å². The summed E-state index contributed by atoms with van der Waals surface area (Å²) in [7, 11) is 1.50. The Balaban J connectivity index is 2.51. The van der Waals surface area contributed by atoms with E-state index in [-0.39, 0.29) is 5.69 Å². The number of hydrogen-bond donors (Lipinski definition) is 1. The zero-order valence-corrected chi connectivity index (χ0v) is 10.5. The molecule has 19 heavy (non-hydrogen) atoms. The molecule has 2 N–H and O–H groups in total. The third-order valence-electron chi connectivity index (χ3n) is 2.87. The maximum atomic E-state index is 10.8. The van der Waals surface area contributed by atoms with Crippen molar-refractivity contribution in [2.45, 2.75) is 6.54 Å². The van der Waals surface area contributed by atoms with Crippen molar-refractivity contribution in [2.24, 2.45) is 5.73 Å². The first-order valence-electron chi connectivity index (χ1n) is 5.77. The van der Waals surface area contributed by atoms with Crippen LogP contribution in [0.2, 0.25) is 0 Å². The maximum Gasteiger partial charge on any atom is 0.273 e. The lowest BCUT2D eigenvalue weighted by Gasteiger charge is -2.09. The molecule has 0 amide bonds. The van der Waals surface area contributed by atoms with Crippen molar-refractivity contribution in [3.63, 3.8) is 0 Å². The van der Waals surface area contributed by atoms with Crippen molar-refractivity contribution >= 4 is 5.69 Å². The largest absolute Gasteiger partial charge is 0.496 e. The van der Waals surface area contributed by atoms with Gasteiger partial charge in [-0.25, -0.2) is 0 Å². The Morgan fingerprint density at radius 2 is 2.05 bits per heavy atom. The summed E-state index contributed by atoms with van der Waals surface area (Å²) in [6.07, 6.45) is 0. The zero-order chi connectivity index (χ0) is 13.8. The number of nitro benzene ring substituents is 1. The van der Waals surface area contributed by atoms with Gasteiger partial charge in [-0.3, -0.25) is 10.1 Å². The minimum atomic E-state index is -0.442. The molecule has 0 bridgehead atoms. The SMILES string of the molecule is COc1cc([N+](=O)[O-])ccc1-c1cccc(CN)c1. The van der Waals surface area contributed by atoms with Gasteiger partial charge in [0.15, 0.2) is 0 Å². The monoisotopic (exact) mass is 258 g/mol. The Morgan fingerprint density at radius 3 is 2.68 bits per heavy atom. The number of rotatable bonds is 4. The molecule has 0 fully saturated rings. The van der Waals surface area contributed by atoms with Gasteiger partial charge in [-0.1, -0.05) is 18.2 Å². The predicted octanol–water partition coefficient (Wildman–Crippen LogP) is 2.73. The third-order valence-corrected chi connectivity index (χ3v) is 2.87. The van der Waals surface area contributed by atoms with Gasteiger partial charge in [0.25, 0.3) is 5.69 Å². The summed E-state index contributed by atoms with van der Waals surface area (Å²) < 4.78 is 5.23. The van der Waals surface area contributed by atoms with Gasteiger partial charge in [0.2, 0.25) is 0 Å². The molecule has 0 saturated heterocycles. The molecular formula is C14H14N2O3. The molecule has 5 nitrogen and oxygen atoms in total. The van der Waals surface area contributed by atoms with Crippen LogP contribution < -0.4 is 10.5 Å². The summed E-state index contributed by atoms with van der Waals surface area (Å²) in [4.78, 5) is 10.3. The second kappa shape index (κ2) is 5.49. The van der Waals surface area contributed by atoms with Crippen LogP contribution in [0, 0.1) is 10.1 Å². The molecule has 0 aliphatic heterocycles. The summed E-state index contributed by atoms with van der Waals surface area (Å²) in [5.41, 5.74) is 8.35. The normalized spacial score (nSPS) is 10.2. The van der Waals surface area contributed by atoms with Crippen molar-refractivity contribution < 1.29 is 9.66 Å². The molecule has 0 aromatic heterocycles. The molecule has 0 unspecified atom stereocenters. The van der Waals surface area contributed by atoms with Crippen LogP contribution >= 0.6 is 0 Å². The second-order valence-corrected chi connectivity index (χ2v) is 4.05. The van der Waals surface area contributed by atoms with Crippen LogP contribution in [0.4, 0.5) is 5.69 Å². The Morgan fingerprint density at radius 1 is 1.26 bits per heavy atom. The molecule has 2 aromatic carbocycles. The van der Waals surface area contributed by atoms with Crippen molar-refractivity contribution in [1.29, 1.82) is 0 Å². The van der Waals surface area contributed by atoms with Crippen molar-refractivity contribution in [1.82, 2.24) is 0 Å². The molecule has 0 aliphatic carbocycles. The van der Waals surface area contributed by atoms with Crippen LogP contribution in [-0.4, -0.2) is 12.0 Å². The van der Waals surface area contributed by atoms with E-state index >= 15 is 0 Å². The van der Waals surface area contributed by atoms with E-state index in [2.05, 4.69) is 0 Å². The van der Waals surface area contributed by atoms with Gasteiger partial charge in [0.05, 0.1) is 18.1 Å². The predicted molar refractivity (Wildman–Crippen MR) is 73.0 cm³/mol. The summed E-state index contributed by atoms with van der Waals surface area (Å²) in [5, 5.41) is 10.8. The topological polar surface area (TPSA) is 78.4 Å². The molecule has 5 heteroatoms. The minimum absolute atomic E-state index is 0.00980. The van der Waals surface area contributed by atoms with E-state index < -0.39 is 4.92 Å². The van der Waals surface area contributed by atoms with Crippen LogP contribution in [0.25, 0.3) is 11.1 Å². The number of hydrogen-bond acceptors (Lipinski definition) is 4. The summed E-state index contributed by atoms with van der Waals surface area (Å²) in [5.74, 6) is 0.475. The van der Waals surface area contributed by atoms with Crippen LogP contribution in [-0.2, 0) is 6.54 Å². The summed E-state index contributed by atoms with van der Waals surface area (Å²) in [6.45, 7) is 0.448. The fourth-order valence-corrected chi connectivity index (χ4v) is 1.90. The average Bonchev–Trinajstić information content (AvgIpc) is 2.46. The van der Waals surface area contributed by atoms with Crippen LogP contribution in [0.1, 0.15) is 5.56 Å². The Kier molecular flexibility index (Phi) is 3.77. The number of nitro groups is 1. The molecule has 0 radical (unpaired) electrons. The molecule has 0 spiro atoms. The fourth-order valence-electron chi connectivity index (χ4n) is 1.90. The first-order valence-corrected chi connectivity index (χ1v) is 5.77. The summed E-state index contributed by atoms with van der Waals surface area (Å²) in [6, 6.07) is 12.3. The Bertz CT molecular complexity index is 611. The van der Waals surface area contributed by atoms with Gasteiger partial charge in [-0.05, 0) is 23.3 Å². The van der Waals surface area contributed by atoms with Gasteiger partial charge in [-0.15, -0.1) is 0 Å². The number of ether oxygens (including phenoxy) is 1. The van der Waals surface area contributed by atoms with E-state index in [0.717, 1.165) is 16.7 Å². The van der Waals surface area contributed by atoms with E-state index in [1.165, 1.54) is 19.2 Å². The van der Waals surface area contributed by atoms with Crippen molar-refractivity contribution in [2.75, 3.05) is 7.11 Å². The number of methoxy groups -OCH3 is 1. The average molecular weight is 258 g/mol. The van der Waals surface area contributed by atoms with E-state index in [9.17, 15) is 10.1 Å². The van der Waals surface area contributed by atoms with E-state index in [1.54, 1.807) is 6.07 Å². The lowest BCUT2D eigenvalue weighted by atomic mass is 10.0. The number of benzene rings is 2. The van der Waals surface area contributed by atoms with Crippen LogP contribution in [0.3, 0.4) is 0 Å². The van der Waals surface area contributed by atoms with Gasteiger partial charge in [0.1, 0.15) is 5.75 Å². The van der Waals surface area contributed by atoms with Gasteiger partial charge < -0.3 is 10.5 Å². The Hall–Kier alpha value is -2.40. The lowest BCUT2D eigenvalue weighted by Crippen LogP contribution is -1.96. The highest BCUT2D eigenvalue weighted by Gasteiger charge is 2.12. The second-order valence-electron chi connectivity index (χ2n) is 4.05. The molecule has 2 rings (SSSR count). The minimum Gasteiger partial charge on any atom is -0.496 e. The zero-order valence-electron chi connectivity index (χ0n) is 10.5. The van der Waals surface area contributed by atoms with Gasteiger partial charge >= 0.3 is 0 Å². The Labute approximate surface area is 110 Å². The van der Waals surface area contributed by atoms with E-state index in [1.807, 2.05) is 24.3 Å². The maximum absolute atomic E-state index is 10.8. The third kappa shape index (κ3) is 2.71. The molecule has 0 aliphatic rings. The first-order chi connectivity index (χ1) is 9.15. The highest BCUT2D eigenvalue weighted by Crippen LogP contribution is 2.33. The molecule has 0 saturated carbocycles. The highest BCUT2D eigenvalue weighted by atomic mass is 16.6. The lowest BCUT2D eigenvalue weighted by molar-refractivity contribution is -0.384. The highest BCUT2D eigenvalue weighted by molar-refractivity contribution is 5.72. The molecule has 0 heterocycles. The molecular weight excluding hydrogens is 244 g/mol.